The first-order valence-corrected chi connectivity index (χ1v) is 10.9. The van der Waals surface area contributed by atoms with Crippen LogP contribution in [-0.2, 0) is 13.1 Å². The van der Waals surface area contributed by atoms with Gasteiger partial charge >= 0.3 is 0 Å². The Balaban J connectivity index is 1.49. The van der Waals surface area contributed by atoms with Crippen LogP contribution in [0.3, 0.4) is 0 Å². The van der Waals surface area contributed by atoms with Gasteiger partial charge in [0.2, 0.25) is 0 Å². The number of rotatable bonds is 7. The quantitative estimate of drug-likeness (QED) is 0.654. The molecule has 1 aromatic heterocycles. The van der Waals surface area contributed by atoms with Crippen LogP contribution in [0.5, 0.6) is 0 Å². The van der Waals surface area contributed by atoms with Gasteiger partial charge in [0.25, 0.3) is 0 Å². The number of nitrogens with zero attached hydrogens (tertiary/aromatic N) is 4. The maximum absolute atomic E-state index is 9.68. The standard InChI is InChI=1S/C25H32N4O/c1-20-8-9-25(29-12-5-11-26-29)23(16-20)17-27-13-14-28(24(19-27)10-15-30)18-22-7-4-3-6-21(22)2/h3-9,11-12,16,24,30H,10,13-15,17-19H2,1-2H3. The molecule has 2 heterocycles. The lowest BCUT2D eigenvalue weighted by molar-refractivity contribution is 0.0498. The smallest absolute Gasteiger partial charge is 0.0690 e. The second kappa shape index (κ2) is 9.56. The van der Waals surface area contributed by atoms with Crippen LogP contribution < -0.4 is 0 Å². The zero-order chi connectivity index (χ0) is 20.9. The lowest BCUT2D eigenvalue weighted by Gasteiger charge is -2.42. The average Bonchev–Trinajstić information content (AvgIpc) is 3.26. The van der Waals surface area contributed by atoms with Crippen LogP contribution in [0.4, 0.5) is 0 Å². The van der Waals surface area contributed by atoms with E-state index in [-0.39, 0.29) is 6.61 Å². The minimum atomic E-state index is 0.228. The van der Waals surface area contributed by atoms with Gasteiger partial charge < -0.3 is 5.11 Å². The molecular weight excluding hydrogens is 372 g/mol. The van der Waals surface area contributed by atoms with Gasteiger partial charge in [0.15, 0.2) is 0 Å². The highest BCUT2D eigenvalue weighted by atomic mass is 16.3. The normalized spacial score (nSPS) is 18.0. The fraction of sp³-hybridized carbons (Fsp3) is 0.400. The summed E-state index contributed by atoms with van der Waals surface area (Å²) in [4.78, 5) is 5.07. The molecule has 0 spiro atoms. The zero-order valence-corrected chi connectivity index (χ0v) is 18.0. The van der Waals surface area contributed by atoms with Crippen LogP contribution in [0, 0.1) is 13.8 Å². The summed E-state index contributed by atoms with van der Waals surface area (Å²) < 4.78 is 1.95. The molecule has 1 N–H and O–H groups in total. The molecule has 1 fully saturated rings. The molecule has 4 rings (SSSR count). The van der Waals surface area contributed by atoms with Gasteiger partial charge in [-0.1, -0.05) is 42.0 Å². The predicted octanol–water partition coefficient (Wildman–Crippen LogP) is 3.56. The van der Waals surface area contributed by atoms with Gasteiger partial charge in [-0.05, 0) is 49.1 Å². The molecule has 3 aromatic rings. The van der Waals surface area contributed by atoms with Gasteiger partial charge in [-0.3, -0.25) is 9.80 Å². The number of aliphatic hydroxyl groups excluding tert-OH is 1. The van der Waals surface area contributed by atoms with Gasteiger partial charge in [-0.25, -0.2) is 4.68 Å². The molecule has 1 atom stereocenters. The lowest BCUT2D eigenvalue weighted by Crippen LogP contribution is -2.52. The molecule has 5 nitrogen and oxygen atoms in total. The van der Waals surface area contributed by atoms with E-state index in [4.69, 9.17) is 0 Å². The van der Waals surface area contributed by atoms with Gasteiger partial charge in [0.1, 0.15) is 0 Å². The number of benzene rings is 2. The topological polar surface area (TPSA) is 44.5 Å². The fourth-order valence-electron chi connectivity index (χ4n) is 4.45. The summed E-state index contributed by atoms with van der Waals surface area (Å²) in [5, 5.41) is 14.1. The number of piperazine rings is 1. The van der Waals surface area contributed by atoms with Crippen molar-refractivity contribution in [3.8, 4) is 5.69 Å². The van der Waals surface area contributed by atoms with E-state index < -0.39 is 0 Å². The Hall–Kier alpha value is -2.47. The summed E-state index contributed by atoms with van der Waals surface area (Å²) in [7, 11) is 0. The summed E-state index contributed by atoms with van der Waals surface area (Å²) >= 11 is 0. The fourth-order valence-corrected chi connectivity index (χ4v) is 4.45. The molecule has 158 valence electrons. The molecule has 5 heteroatoms. The Bertz CT molecular complexity index is 954. The third-order valence-electron chi connectivity index (χ3n) is 6.17. The van der Waals surface area contributed by atoms with Crippen LogP contribution in [0.15, 0.2) is 60.9 Å². The van der Waals surface area contributed by atoms with Crippen molar-refractivity contribution >= 4 is 0 Å². The molecule has 2 aromatic carbocycles. The number of hydrogen-bond donors (Lipinski definition) is 1. The lowest BCUT2D eigenvalue weighted by atomic mass is 10.0. The summed E-state index contributed by atoms with van der Waals surface area (Å²) in [5.41, 5.74) is 6.44. The van der Waals surface area contributed by atoms with Crippen molar-refractivity contribution in [2.75, 3.05) is 26.2 Å². The molecule has 1 saturated heterocycles. The van der Waals surface area contributed by atoms with Crippen LogP contribution >= 0.6 is 0 Å². The molecule has 1 aliphatic heterocycles. The molecule has 1 unspecified atom stereocenters. The predicted molar refractivity (Wildman–Crippen MR) is 121 cm³/mol. The second-order valence-corrected chi connectivity index (χ2v) is 8.38. The largest absolute Gasteiger partial charge is 0.396 e. The number of aliphatic hydroxyl groups is 1. The van der Waals surface area contributed by atoms with Crippen LogP contribution in [0.1, 0.15) is 28.7 Å². The summed E-state index contributed by atoms with van der Waals surface area (Å²) in [6.07, 6.45) is 4.64. The SMILES string of the molecule is Cc1ccc(-n2cccn2)c(CN2CCN(Cc3ccccc3C)C(CCO)C2)c1. The minimum absolute atomic E-state index is 0.228. The zero-order valence-electron chi connectivity index (χ0n) is 18.0. The van der Waals surface area contributed by atoms with Crippen LogP contribution in [-0.4, -0.2) is 57.0 Å². The Morgan fingerprint density at radius 2 is 1.87 bits per heavy atom. The molecule has 0 amide bonds. The summed E-state index contributed by atoms with van der Waals surface area (Å²) in [6.45, 7) is 9.42. The third kappa shape index (κ3) is 4.81. The maximum atomic E-state index is 9.68. The van der Waals surface area contributed by atoms with Crippen molar-refractivity contribution in [3.05, 3.63) is 83.2 Å². The van der Waals surface area contributed by atoms with E-state index >= 15 is 0 Å². The van der Waals surface area contributed by atoms with E-state index in [1.54, 1.807) is 0 Å². The molecular formula is C25H32N4O. The van der Waals surface area contributed by atoms with E-state index in [0.29, 0.717) is 6.04 Å². The molecule has 30 heavy (non-hydrogen) atoms. The number of hydrogen-bond acceptors (Lipinski definition) is 4. The first-order valence-electron chi connectivity index (χ1n) is 10.9. The molecule has 0 aliphatic carbocycles. The van der Waals surface area contributed by atoms with Crippen molar-refractivity contribution in [2.45, 2.75) is 39.4 Å². The number of aromatic nitrogens is 2. The van der Waals surface area contributed by atoms with Crippen molar-refractivity contribution in [1.29, 1.82) is 0 Å². The van der Waals surface area contributed by atoms with Crippen molar-refractivity contribution in [1.82, 2.24) is 19.6 Å². The van der Waals surface area contributed by atoms with E-state index in [9.17, 15) is 5.11 Å². The third-order valence-corrected chi connectivity index (χ3v) is 6.17. The maximum Gasteiger partial charge on any atom is 0.0690 e. The Morgan fingerprint density at radius 3 is 2.63 bits per heavy atom. The van der Waals surface area contributed by atoms with E-state index in [2.05, 4.69) is 71.2 Å². The van der Waals surface area contributed by atoms with Gasteiger partial charge in [0.05, 0.1) is 5.69 Å². The molecule has 1 aliphatic rings. The molecule has 0 radical (unpaired) electrons. The Morgan fingerprint density at radius 1 is 1.00 bits per heavy atom. The first kappa shape index (κ1) is 20.8. The molecule has 0 saturated carbocycles. The van der Waals surface area contributed by atoms with Gasteiger partial charge in [0, 0.05) is 57.8 Å². The van der Waals surface area contributed by atoms with Crippen molar-refractivity contribution in [2.24, 2.45) is 0 Å². The minimum Gasteiger partial charge on any atom is -0.396 e. The second-order valence-electron chi connectivity index (χ2n) is 8.38. The summed E-state index contributed by atoms with van der Waals surface area (Å²) in [5.74, 6) is 0. The monoisotopic (exact) mass is 404 g/mol. The first-order chi connectivity index (χ1) is 14.6. The van der Waals surface area contributed by atoms with Gasteiger partial charge in [-0.2, -0.15) is 5.10 Å². The Labute approximate surface area is 179 Å². The van der Waals surface area contributed by atoms with Crippen molar-refractivity contribution < 1.29 is 5.11 Å². The highest BCUT2D eigenvalue weighted by molar-refractivity contribution is 5.42. The van der Waals surface area contributed by atoms with Crippen LogP contribution in [0.2, 0.25) is 0 Å². The molecule has 0 bridgehead atoms. The highest BCUT2D eigenvalue weighted by Gasteiger charge is 2.27. The Kier molecular flexibility index (Phi) is 6.62. The highest BCUT2D eigenvalue weighted by Crippen LogP contribution is 2.23. The van der Waals surface area contributed by atoms with E-state index in [1.807, 2.05) is 23.1 Å². The van der Waals surface area contributed by atoms with E-state index in [0.717, 1.165) is 44.8 Å². The van der Waals surface area contributed by atoms with Gasteiger partial charge in [-0.15, -0.1) is 0 Å². The summed E-state index contributed by atoms with van der Waals surface area (Å²) in [6, 6.07) is 17.5. The van der Waals surface area contributed by atoms with Crippen molar-refractivity contribution in [3.63, 3.8) is 0 Å². The average molecular weight is 405 g/mol. The number of aryl methyl sites for hydroxylation is 2. The van der Waals surface area contributed by atoms with E-state index in [1.165, 1.54) is 22.3 Å². The van der Waals surface area contributed by atoms with Crippen LogP contribution in [0.25, 0.3) is 5.69 Å².